The van der Waals surface area contributed by atoms with Crippen molar-refractivity contribution in [2.45, 2.75) is 38.4 Å². The van der Waals surface area contributed by atoms with E-state index in [0.29, 0.717) is 13.0 Å². The molecule has 1 N–H and O–H groups in total. The van der Waals surface area contributed by atoms with Crippen LogP contribution < -0.4 is 10.1 Å². The van der Waals surface area contributed by atoms with Crippen molar-refractivity contribution >= 4 is 16.8 Å². The van der Waals surface area contributed by atoms with E-state index in [-0.39, 0.29) is 11.9 Å². The Morgan fingerprint density at radius 3 is 2.62 bits per heavy atom. The monoisotopic (exact) mass is 391 g/mol. The molecule has 4 rings (SSSR count). The number of carbonyl (C=O) groups is 1. The zero-order chi connectivity index (χ0) is 20.1. The molecule has 5 heteroatoms. The molecule has 2 aromatic carbocycles. The van der Waals surface area contributed by atoms with Gasteiger partial charge in [-0.15, -0.1) is 0 Å². The number of benzene rings is 2. The number of ether oxygens (including phenoxy) is 1. The second-order valence-corrected chi connectivity index (χ2v) is 7.76. The van der Waals surface area contributed by atoms with Gasteiger partial charge < -0.3 is 14.6 Å². The smallest absolute Gasteiger partial charge is 0.222 e. The fourth-order valence-corrected chi connectivity index (χ4v) is 4.17. The molecule has 0 radical (unpaired) electrons. The lowest BCUT2D eigenvalue weighted by Gasteiger charge is -2.32. The van der Waals surface area contributed by atoms with Gasteiger partial charge in [-0.25, -0.2) is 0 Å². The van der Waals surface area contributed by atoms with Crippen LogP contribution in [0.4, 0.5) is 0 Å². The lowest BCUT2D eigenvalue weighted by atomic mass is 10.0. The Bertz CT molecular complexity index is 943. The zero-order valence-corrected chi connectivity index (χ0v) is 17.0. The molecule has 0 saturated carbocycles. The molecule has 1 aromatic heterocycles. The summed E-state index contributed by atoms with van der Waals surface area (Å²) in [6.45, 7) is 3.73. The van der Waals surface area contributed by atoms with Gasteiger partial charge in [0.2, 0.25) is 5.91 Å². The summed E-state index contributed by atoms with van der Waals surface area (Å²) in [6, 6.07) is 18.9. The van der Waals surface area contributed by atoms with Crippen molar-refractivity contribution in [3.63, 3.8) is 0 Å². The minimum atomic E-state index is 0.135. The summed E-state index contributed by atoms with van der Waals surface area (Å²) < 4.78 is 7.54. The van der Waals surface area contributed by atoms with Crippen LogP contribution in [0.25, 0.3) is 10.9 Å². The van der Waals surface area contributed by atoms with Crippen molar-refractivity contribution in [1.29, 1.82) is 0 Å². The van der Waals surface area contributed by atoms with Crippen LogP contribution in [-0.2, 0) is 17.9 Å². The number of methoxy groups -OCH3 is 1. The van der Waals surface area contributed by atoms with Crippen LogP contribution in [0.1, 0.15) is 24.8 Å². The predicted octanol–water partition coefficient (Wildman–Crippen LogP) is 3.82. The maximum Gasteiger partial charge on any atom is 0.222 e. The first-order valence-electron chi connectivity index (χ1n) is 10.4. The number of likely N-dealkylation sites (tertiary alicyclic amines) is 1. The van der Waals surface area contributed by atoms with Crippen molar-refractivity contribution in [2.75, 3.05) is 20.2 Å². The maximum absolute atomic E-state index is 12.5. The molecular formula is C24H29N3O2. The van der Waals surface area contributed by atoms with Crippen molar-refractivity contribution in [3.8, 4) is 5.75 Å². The van der Waals surface area contributed by atoms with Gasteiger partial charge in [-0.05, 0) is 36.6 Å². The number of piperidine rings is 1. The third-order valence-electron chi connectivity index (χ3n) is 5.78. The van der Waals surface area contributed by atoms with Crippen molar-refractivity contribution in [2.24, 2.45) is 0 Å². The summed E-state index contributed by atoms with van der Waals surface area (Å²) in [5.74, 6) is 1.00. The average molecular weight is 392 g/mol. The van der Waals surface area contributed by atoms with Crippen LogP contribution in [0.2, 0.25) is 0 Å². The molecule has 1 fully saturated rings. The molecular weight excluding hydrogens is 362 g/mol. The van der Waals surface area contributed by atoms with Crippen molar-refractivity contribution in [1.82, 2.24) is 14.8 Å². The van der Waals surface area contributed by atoms with Gasteiger partial charge in [-0.3, -0.25) is 9.69 Å². The summed E-state index contributed by atoms with van der Waals surface area (Å²) >= 11 is 0. The third-order valence-corrected chi connectivity index (χ3v) is 5.78. The molecule has 1 amide bonds. The van der Waals surface area contributed by atoms with Gasteiger partial charge in [0.25, 0.3) is 0 Å². The summed E-state index contributed by atoms with van der Waals surface area (Å²) in [7, 11) is 1.69. The Kier molecular flexibility index (Phi) is 6.15. The lowest BCUT2D eigenvalue weighted by molar-refractivity contribution is -0.122. The Morgan fingerprint density at radius 1 is 1.07 bits per heavy atom. The van der Waals surface area contributed by atoms with E-state index in [1.807, 2.05) is 18.3 Å². The fraction of sp³-hybridized carbons (Fsp3) is 0.375. The Morgan fingerprint density at radius 2 is 1.86 bits per heavy atom. The topological polar surface area (TPSA) is 46.5 Å². The summed E-state index contributed by atoms with van der Waals surface area (Å²) in [4.78, 5) is 14.9. The second-order valence-electron chi connectivity index (χ2n) is 7.76. The standard InChI is InChI=1S/C24H29N3O2/c1-29-23-9-5-8-22-21(23)12-16-27(22)17-13-24(28)25-20-10-14-26(15-11-20)18-19-6-3-2-4-7-19/h2-9,12,16,20H,10-11,13-15,17-18H2,1H3,(H,25,28). The van der Waals surface area contributed by atoms with E-state index in [1.165, 1.54) is 5.56 Å². The van der Waals surface area contributed by atoms with Gasteiger partial charge in [-0.2, -0.15) is 0 Å². The molecule has 0 bridgehead atoms. The molecule has 5 nitrogen and oxygen atoms in total. The normalized spacial score (nSPS) is 15.5. The zero-order valence-electron chi connectivity index (χ0n) is 17.0. The molecule has 0 atom stereocenters. The van der Waals surface area contributed by atoms with Crippen LogP contribution in [0, 0.1) is 0 Å². The van der Waals surface area contributed by atoms with Crippen molar-refractivity contribution in [3.05, 3.63) is 66.4 Å². The number of rotatable bonds is 7. The number of aromatic nitrogens is 1. The first-order chi connectivity index (χ1) is 14.2. The fourth-order valence-electron chi connectivity index (χ4n) is 4.17. The van der Waals surface area contributed by atoms with Gasteiger partial charge in [0, 0.05) is 50.2 Å². The van der Waals surface area contributed by atoms with E-state index in [4.69, 9.17) is 4.74 Å². The quantitative estimate of drug-likeness (QED) is 0.666. The Hall–Kier alpha value is -2.79. The third kappa shape index (κ3) is 4.80. The first kappa shape index (κ1) is 19.5. The number of amides is 1. The Balaban J connectivity index is 1.24. The van der Waals surface area contributed by atoms with E-state index < -0.39 is 0 Å². The molecule has 0 aliphatic carbocycles. The number of nitrogens with one attached hydrogen (secondary N) is 1. The van der Waals surface area contributed by atoms with Crippen molar-refractivity contribution < 1.29 is 9.53 Å². The number of carbonyl (C=O) groups excluding carboxylic acids is 1. The highest BCUT2D eigenvalue weighted by molar-refractivity contribution is 5.86. The highest BCUT2D eigenvalue weighted by Gasteiger charge is 2.20. The maximum atomic E-state index is 12.5. The lowest BCUT2D eigenvalue weighted by Crippen LogP contribution is -2.44. The molecule has 2 heterocycles. The second kappa shape index (κ2) is 9.14. The van der Waals surface area contributed by atoms with Crippen LogP contribution in [0.5, 0.6) is 5.75 Å². The molecule has 3 aromatic rings. The largest absolute Gasteiger partial charge is 0.496 e. The van der Waals surface area contributed by atoms with E-state index in [1.54, 1.807) is 7.11 Å². The molecule has 1 saturated heterocycles. The van der Waals surface area contributed by atoms with E-state index in [9.17, 15) is 4.79 Å². The summed E-state index contributed by atoms with van der Waals surface area (Å²) in [5, 5.41) is 4.32. The van der Waals surface area contributed by atoms with Gasteiger partial charge in [0.15, 0.2) is 0 Å². The number of hydrogen-bond acceptors (Lipinski definition) is 3. The van der Waals surface area contributed by atoms with Crippen LogP contribution in [0.3, 0.4) is 0 Å². The predicted molar refractivity (Wildman–Crippen MR) is 116 cm³/mol. The number of fused-ring (bicyclic) bond motifs is 1. The number of aryl methyl sites for hydroxylation is 1. The highest BCUT2D eigenvalue weighted by Crippen LogP contribution is 2.26. The summed E-state index contributed by atoms with van der Waals surface area (Å²) in [5.41, 5.74) is 2.46. The molecule has 0 spiro atoms. The molecule has 29 heavy (non-hydrogen) atoms. The molecule has 1 aliphatic heterocycles. The van der Waals surface area contributed by atoms with Gasteiger partial charge in [0.1, 0.15) is 5.75 Å². The van der Waals surface area contributed by atoms with E-state index >= 15 is 0 Å². The van der Waals surface area contributed by atoms with E-state index in [0.717, 1.165) is 49.1 Å². The molecule has 1 aliphatic rings. The van der Waals surface area contributed by atoms with Crippen LogP contribution in [0.15, 0.2) is 60.8 Å². The number of nitrogens with zero attached hydrogens (tertiary/aromatic N) is 2. The molecule has 0 unspecified atom stereocenters. The van der Waals surface area contributed by atoms with Crippen LogP contribution >= 0.6 is 0 Å². The van der Waals surface area contributed by atoms with Gasteiger partial charge in [0.05, 0.1) is 12.6 Å². The summed E-state index contributed by atoms with van der Waals surface area (Å²) in [6.07, 6.45) is 4.55. The minimum absolute atomic E-state index is 0.135. The van der Waals surface area contributed by atoms with Gasteiger partial charge in [-0.1, -0.05) is 36.4 Å². The molecule has 152 valence electrons. The van der Waals surface area contributed by atoms with Gasteiger partial charge >= 0.3 is 0 Å². The first-order valence-corrected chi connectivity index (χ1v) is 10.4. The SMILES string of the molecule is COc1cccc2c1ccn2CCC(=O)NC1CCN(Cc2ccccc2)CC1. The Labute approximate surface area is 172 Å². The average Bonchev–Trinajstić information content (AvgIpc) is 3.18. The van der Waals surface area contributed by atoms with Crippen LogP contribution in [-0.4, -0.2) is 41.6 Å². The number of hydrogen-bond donors (Lipinski definition) is 1. The minimum Gasteiger partial charge on any atom is -0.496 e. The van der Waals surface area contributed by atoms with E-state index in [2.05, 4.69) is 57.2 Å². The highest BCUT2D eigenvalue weighted by atomic mass is 16.5.